The molecule has 0 aliphatic heterocycles. The van der Waals surface area contributed by atoms with E-state index in [1.807, 2.05) is 24.1 Å². The first kappa shape index (κ1) is 20.0. The molecule has 2 aromatic rings. The summed E-state index contributed by atoms with van der Waals surface area (Å²) >= 11 is 7.52. The molecule has 0 aliphatic carbocycles. The van der Waals surface area contributed by atoms with E-state index in [4.69, 9.17) is 11.6 Å². The Morgan fingerprint density at radius 2 is 1.72 bits per heavy atom. The number of nitrogens with one attached hydrogen (secondary N) is 1. The smallest absolute Gasteiger partial charge is 0.238 e. The molecule has 0 saturated heterocycles. The second-order valence-corrected chi connectivity index (χ2v) is 8.85. The van der Waals surface area contributed by atoms with Gasteiger partial charge in [0.05, 0.1) is 10.9 Å². The van der Waals surface area contributed by atoms with Crippen LogP contribution in [0.25, 0.3) is 0 Å². The fourth-order valence-electron chi connectivity index (χ4n) is 2.88. The number of halogens is 1. The number of anilines is 1. The van der Waals surface area contributed by atoms with Gasteiger partial charge in [0.1, 0.15) is 0 Å². The molecule has 1 amide bonds. The van der Waals surface area contributed by atoms with Gasteiger partial charge in [0, 0.05) is 17.1 Å². The van der Waals surface area contributed by atoms with Crippen LogP contribution in [0.4, 0.5) is 5.69 Å². The predicted octanol–water partition coefficient (Wildman–Crippen LogP) is 5.72. The van der Waals surface area contributed by atoms with Gasteiger partial charge in [-0.3, -0.25) is 9.69 Å². The number of benzene rings is 1. The van der Waals surface area contributed by atoms with E-state index < -0.39 is 0 Å². The lowest BCUT2D eigenvalue weighted by molar-refractivity contribution is -0.117. The number of nitrogens with zero attached hydrogens (tertiary/aromatic N) is 1. The molecule has 0 fully saturated rings. The lowest BCUT2D eigenvalue weighted by atomic mass is 9.92. The molecular weight excluding hydrogens is 352 g/mol. The van der Waals surface area contributed by atoms with Gasteiger partial charge < -0.3 is 5.32 Å². The van der Waals surface area contributed by atoms with Crippen LogP contribution in [0.3, 0.4) is 0 Å². The molecule has 0 saturated carbocycles. The minimum Gasteiger partial charge on any atom is -0.324 e. The van der Waals surface area contributed by atoms with E-state index in [2.05, 4.69) is 51.2 Å². The molecule has 0 bridgehead atoms. The zero-order valence-electron chi connectivity index (χ0n) is 15.6. The molecule has 3 nitrogen and oxygen atoms in total. The van der Waals surface area contributed by atoms with Crippen molar-refractivity contribution in [1.82, 2.24) is 4.90 Å². The van der Waals surface area contributed by atoms with Crippen molar-refractivity contribution in [2.45, 2.75) is 46.1 Å². The quantitative estimate of drug-likeness (QED) is 0.668. The highest BCUT2D eigenvalue weighted by molar-refractivity contribution is 7.16. The third-order valence-corrected chi connectivity index (χ3v) is 5.32. The number of hydrogen-bond donors (Lipinski definition) is 1. The molecule has 1 heterocycles. The molecule has 25 heavy (non-hydrogen) atoms. The number of amides is 1. The van der Waals surface area contributed by atoms with Crippen molar-refractivity contribution in [3.63, 3.8) is 0 Å². The molecule has 5 heteroatoms. The van der Waals surface area contributed by atoms with Crippen molar-refractivity contribution < 1.29 is 4.79 Å². The third-order valence-electron chi connectivity index (χ3n) is 4.11. The summed E-state index contributed by atoms with van der Waals surface area (Å²) in [6.45, 7) is 9.68. The number of hydrogen-bond acceptors (Lipinski definition) is 3. The van der Waals surface area contributed by atoms with Gasteiger partial charge in [-0.05, 0) is 42.1 Å². The predicted molar refractivity (Wildman–Crippen MR) is 109 cm³/mol. The van der Waals surface area contributed by atoms with Crippen molar-refractivity contribution in [3.8, 4) is 0 Å². The van der Waals surface area contributed by atoms with Gasteiger partial charge in [-0.1, -0.05) is 57.5 Å². The van der Waals surface area contributed by atoms with Crippen LogP contribution in [0.15, 0.2) is 30.3 Å². The number of para-hydroxylation sites is 1. The molecule has 1 aromatic heterocycles. The van der Waals surface area contributed by atoms with Gasteiger partial charge >= 0.3 is 0 Å². The van der Waals surface area contributed by atoms with Gasteiger partial charge in [-0.15, -0.1) is 11.3 Å². The van der Waals surface area contributed by atoms with E-state index in [1.165, 1.54) is 11.1 Å². The Balaban J connectivity index is 2.09. The van der Waals surface area contributed by atoms with E-state index in [0.717, 1.165) is 14.9 Å². The topological polar surface area (TPSA) is 32.3 Å². The van der Waals surface area contributed by atoms with Crippen molar-refractivity contribution in [3.05, 3.63) is 50.7 Å². The second-order valence-electron chi connectivity index (χ2n) is 7.05. The molecule has 0 atom stereocenters. The van der Waals surface area contributed by atoms with Crippen LogP contribution in [-0.2, 0) is 11.3 Å². The van der Waals surface area contributed by atoms with Crippen LogP contribution in [-0.4, -0.2) is 24.4 Å². The number of thiophene rings is 1. The second kappa shape index (κ2) is 8.84. The summed E-state index contributed by atoms with van der Waals surface area (Å²) in [6, 6.07) is 10.2. The third kappa shape index (κ3) is 5.56. The minimum absolute atomic E-state index is 0.0140. The first-order valence-corrected chi connectivity index (χ1v) is 9.82. The average Bonchev–Trinajstić information content (AvgIpc) is 2.91. The monoisotopic (exact) mass is 378 g/mol. The summed E-state index contributed by atoms with van der Waals surface area (Å²) in [7, 11) is 1.95. The van der Waals surface area contributed by atoms with Gasteiger partial charge in [-0.25, -0.2) is 0 Å². The lowest BCUT2D eigenvalue weighted by Crippen LogP contribution is -2.30. The molecular formula is C20H27ClN2OS. The molecule has 0 unspecified atom stereocenters. The van der Waals surface area contributed by atoms with Crippen LogP contribution >= 0.6 is 22.9 Å². The van der Waals surface area contributed by atoms with E-state index in [0.29, 0.717) is 24.9 Å². The Hall–Kier alpha value is -1.36. The largest absolute Gasteiger partial charge is 0.324 e. The van der Waals surface area contributed by atoms with E-state index in [9.17, 15) is 4.79 Å². The van der Waals surface area contributed by atoms with Crippen molar-refractivity contribution in [2.75, 3.05) is 18.9 Å². The van der Waals surface area contributed by atoms with Gasteiger partial charge in [0.2, 0.25) is 5.91 Å². The average molecular weight is 379 g/mol. The summed E-state index contributed by atoms with van der Waals surface area (Å²) in [5, 5.41) is 3.16. The summed E-state index contributed by atoms with van der Waals surface area (Å²) in [5.41, 5.74) is 3.35. The highest BCUT2D eigenvalue weighted by atomic mass is 35.5. The van der Waals surface area contributed by atoms with Crippen LogP contribution in [0.2, 0.25) is 4.34 Å². The van der Waals surface area contributed by atoms with Crippen LogP contribution in [0, 0.1) is 0 Å². The van der Waals surface area contributed by atoms with Crippen LogP contribution in [0.1, 0.15) is 55.5 Å². The maximum absolute atomic E-state index is 12.6. The summed E-state index contributed by atoms with van der Waals surface area (Å²) < 4.78 is 0.778. The first-order valence-electron chi connectivity index (χ1n) is 8.63. The van der Waals surface area contributed by atoms with Crippen LogP contribution < -0.4 is 5.32 Å². The molecule has 1 N–H and O–H groups in total. The number of carbonyl (C=O) groups excluding carboxylic acids is 1. The highest BCUT2D eigenvalue weighted by Crippen LogP contribution is 2.32. The minimum atomic E-state index is 0.0140. The first-order chi connectivity index (χ1) is 11.8. The van der Waals surface area contributed by atoms with Crippen LogP contribution in [0.5, 0.6) is 0 Å². The van der Waals surface area contributed by atoms with Crippen molar-refractivity contribution >= 4 is 34.5 Å². The Morgan fingerprint density at radius 1 is 1.12 bits per heavy atom. The normalized spacial score (nSPS) is 11.6. The SMILES string of the molecule is CC(C)c1cccc(C(C)C)c1NC(=O)CN(C)Cc1ccc(Cl)s1. The zero-order chi connectivity index (χ0) is 18.6. The Kier molecular flexibility index (Phi) is 7.05. The van der Waals surface area contributed by atoms with E-state index in [-0.39, 0.29) is 5.91 Å². The fourth-order valence-corrected chi connectivity index (χ4v) is 4.05. The van der Waals surface area contributed by atoms with Gasteiger partial charge in [0.25, 0.3) is 0 Å². The standard InChI is InChI=1S/C20H27ClN2OS/c1-13(2)16-7-6-8-17(14(3)4)20(16)22-19(24)12-23(5)11-15-9-10-18(21)25-15/h6-10,13-14H,11-12H2,1-5H3,(H,22,24). The Morgan fingerprint density at radius 3 is 2.20 bits per heavy atom. The molecule has 0 aliphatic rings. The maximum Gasteiger partial charge on any atom is 0.238 e. The van der Waals surface area contributed by atoms with E-state index in [1.54, 1.807) is 11.3 Å². The molecule has 1 aromatic carbocycles. The molecule has 0 spiro atoms. The van der Waals surface area contributed by atoms with Crippen molar-refractivity contribution in [2.24, 2.45) is 0 Å². The Labute approximate surface area is 160 Å². The summed E-state index contributed by atoms with van der Waals surface area (Å²) in [6.07, 6.45) is 0. The van der Waals surface area contributed by atoms with Gasteiger partial charge in [0.15, 0.2) is 0 Å². The van der Waals surface area contributed by atoms with Gasteiger partial charge in [-0.2, -0.15) is 0 Å². The maximum atomic E-state index is 12.6. The Bertz CT molecular complexity index is 698. The molecule has 136 valence electrons. The lowest BCUT2D eigenvalue weighted by Gasteiger charge is -2.21. The highest BCUT2D eigenvalue weighted by Gasteiger charge is 2.17. The number of likely N-dealkylation sites (N-methyl/N-ethyl adjacent to an activating group) is 1. The zero-order valence-corrected chi connectivity index (χ0v) is 17.2. The molecule has 0 radical (unpaired) electrons. The summed E-state index contributed by atoms with van der Waals surface area (Å²) in [5.74, 6) is 0.736. The number of carbonyl (C=O) groups is 1. The fraction of sp³-hybridized carbons (Fsp3) is 0.450. The van der Waals surface area contributed by atoms with E-state index >= 15 is 0 Å². The van der Waals surface area contributed by atoms with Crippen molar-refractivity contribution in [1.29, 1.82) is 0 Å². The molecule has 2 rings (SSSR count). The number of rotatable bonds is 7. The summed E-state index contributed by atoms with van der Waals surface area (Å²) in [4.78, 5) is 15.8.